The van der Waals surface area contributed by atoms with Gasteiger partial charge in [-0.25, -0.2) is 0 Å². The number of hydrogen-bond donors (Lipinski definition) is 0. The van der Waals surface area contributed by atoms with Crippen LogP contribution >= 0.6 is 45.2 Å². The van der Waals surface area contributed by atoms with E-state index in [2.05, 4.69) is 83.8 Å². The Bertz CT molecular complexity index is 450. The van der Waals surface area contributed by atoms with Crippen LogP contribution in [0.25, 0.3) is 0 Å². The van der Waals surface area contributed by atoms with Gasteiger partial charge < -0.3 is 0 Å². The average molecular weight is 466 g/mol. The van der Waals surface area contributed by atoms with Crippen LogP contribution in [-0.2, 0) is 0 Å². The molecule has 0 aromatic rings. The molecule has 2 heteroatoms. The molecule has 1 atom stereocenters. The zero-order valence-electron chi connectivity index (χ0n) is 11.1. The molecule has 0 heterocycles. The van der Waals surface area contributed by atoms with Gasteiger partial charge in [0.15, 0.2) is 0 Å². The average Bonchev–Trinajstić information content (AvgIpc) is 2.54. The van der Waals surface area contributed by atoms with Crippen molar-refractivity contribution in [3.05, 3.63) is 45.1 Å². The summed E-state index contributed by atoms with van der Waals surface area (Å²) in [4.78, 5) is 0. The Balaban J connectivity index is 2.43. The van der Waals surface area contributed by atoms with Gasteiger partial charge in [-0.15, -0.1) is 0 Å². The van der Waals surface area contributed by atoms with E-state index in [1.807, 2.05) is 0 Å². The van der Waals surface area contributed by atoms with E-state index in [1.54, 1.807) is 11.1 Å². The summed E-state index contributed by atoms with van der Waals surface area (Å²) in [5.41, 5.74) is 4.92. The van der Waals surface area contributed by atoms with E-state index in [0.717, 1.165) is 0 Å². The van der Waals surface area contributed by atoms with Crippen molar-refractivity contribution >= 4 is 45.2 Å². The van der Waals surface area contributed by atoms with E-state index in [1.165, 1.54) is 32.8 Å². The van der Waals surface area contributed by atoms with E-state index in [-0.39, 0.29) is 5.41 Å². The lowest BCUT2D eigenvalue weighted by Crippen LogP contribution is -2.16. The van der Waals surface area contributed by atoms with Crippen molar-refractivity contribution in [2.24, 2.45) is 11.3 Å². The SMILES string of the molecule is C=CC1=C(CCCI)C2CC=C(I)C=C2C1(C)C. The molecule has 0 aromatic carbocycles. The number of rotatable bonds is 4. The first kappa shape index (κ1) is 14.8. The Morgan fingerprint density at radius 1 is 1.50 bits per heavy atom. The van der Waals surface area contributed by atoms with Gasteiger partial charge >= 0.3 is 0 Å². The molecule has 0 aliphatic heterocycles. The molecule has 1 unspecified atom stereocenters. The van der Waals surface area contributed by atoms with Crippen molar-refractivity contribution in [2.75, 3.05) is 4.43 Å². The molecule has 0 N–H and O–H groups in total. The second-order valence-corrected chi connectivity index (χ2v) is 7.86. The fraction of sp³-hybridized carbons (Fsp3) is 0.500. The quantitative estimate of drug-likeness (QED) is 0.353. The molecule has 0 spiro atoms. The maximum atomic E-state index is 4.07. The minimum atomic E-state index is 0.178. The highest BCUT2D eigenvalue weighted by Crippen LogP contribution is 2.55. The van der Waals surface area contributed by atoms with Crippen LogP contribution in [0.3, 0.4) is 0 Å². The maximum Gasteiger partial charge on any atom is 0.0114 e. The Morgan fingerprint density at radius 3 is 2.83 bits per heavy atom. The van der Waals surface area contributed by atoms with E-state index in [9.17, 15) is 0 Å². The normalized spacial score (nSPS) is 25.7. The number of alkyl halides is 1. The van der Waals surface area contributed by atoms with Crippen LogP contribution in [0.15, 0.2) is 45.1 Å². The first-order valence-corrected chi connectivity index (χ1v) is 9.12. The minimum Gasteiger partial charge on any atom is -0.0988 e. The summed E-state index contributed by atoms with van der Waals surface area (Å²) in [7, 11) is 0. The molecular weight excluding hydrogens is 446 g/mol. The Morgan fingerprint density at radius 2 is 2.22 bits per heavy atom. The molecule has 2 aliphatic rings. The summed E-state index contributed by atoms with van der Waals surface area (Å²) in [6, 6.07) is 0. The zero-order valence-corrected chi connectivity index (χ0v) is 15.4. The summed E-state index contributed by atoms with van der Waals surface area (Å²) in [6.45, 7) is 8.78. The van der Waals surface area contributed by atoms with Crippen LogP contribution < -0.4 is 0 Å². The lowest BCUT2D eigenvalue weighted by atomic mass is 9.77. The monoisotopic (exact) mass is 466 g/mol. The fourth-order valence-corrected chi connectivity index (χ4v) is 4.28. The molecule has 0 aromatic heterocycles. The highest BCUT2D eigenvalue weighted by atomic mass is 127. The molecule has 0 radical (unpaired) electrons. The van der Waals surface area contributed by atoms with E-state index in [4.69, 9.17) is 0 Å². The first-order valence-electron chi connectivity index (χ1n) is 6.52. The molecule has 0 nitrogen and oxygen atoms in total. The van der Waals surface area contributed by atoms with E-state index >= 15 is 0 Å². The lowest BCUT2D eigenvalue weighted by Gasteiger charge is -2.27. The van der Waals surface area contributed by atoms with Gasteiger partial charge in [-0.3, -0.25) is 0 Å². The zero-order chi connectivity index (χ0) is 13.3. The minimum absolute atomic E-state index is 0.178. The third kappa shape index (κ3) is 2.51. The highest BCUT2D eigenvalue weighted by molar-refractivity contribution is 14.1. The summed E-state index contributed by atoms with van der Waals surface area (Å²) in [5.74, 6) is 0.648. The molecule has 0 saturated heterocycles. The van der Waals surface area contributed by atoms with Gasteiger partial charge in [-0.05, 0) is 57.9 Å². The van der Waals surface area contributed by atoms with Gasteiger partial charge in [0.25, 0.3) is 0 Å². The standard InChI is InChI=1S/C16H20I2/c1-4-14-12(6-5-9-17)13-8-7-11(18)10-15(13)16(14,2)3/h4,7,10,13H,1,5-6,8-9H2,2-3H3. The number of fused-ring (bicyclic) bond motifs is 1. The maximum absolute atomic E-state index is 4.07. The summed E-state index contributed by atoms with van der Waals surface area (Å²) < 4.78 is 2.64. The molecule has 0 saturated carbocycles. The number of allylic oxidation sites excluding steroid dienone is 7. The summed E-state index contributed by atoms with van der Waals surface area (Å²) >= 11 is 4.92. The molecule has 98 valence electrons. The van der Waals surface area contributed by atoms with Gasteiger partial charge in [-0.2, -0.15) is 0 Å². The van der Waals surface area contributed by atoms with Crippen LogP contribution in [0.5, 0.6) is 0 Å². The van der Waals surface area contributed by atoms with Gasteiger partial charge in [0.1, 0.15) is 0 Å². The summed E-state index contributed by atoms with van der Waals surface area (Å²) in [6.07, 6.45) is 10.6. The second kappa shape index (κ2) is 5.81. The van der Waals surface area contributed by atoms with Crippen molar-refractivity contribution in [1.82, 2.24) is 0 Å². The molecule has 0 amide bonds. The first-order chi connectivity index (χ1) is 8.52. The Labute approximate surface area is 138 Å². The molecule has 2 rings (SSSR count). The van der Waals surface area contributed by atoms with Crippen molar-refractivity contribution in [3.63, 3.8) is 0 Å². The van der Waals surface area contributed by atoms with Crippen LogP contribution in [-0.4, -0.2) is 4.43 Å². The van der Waals surface area contributed by atoms with Crippen LogP contribution in [0.1, 0.15) is 33.1 Å². The van der Waals surface area contributed by atoms with Gasteiger partial charge in [0, 0.05) is 14.9 Å². The molecule has 18 heavy (non-hydrogen) atoms. The van der Waals surface area contributed by atoms with E-state index < -0.39 is 0 Å². The predicted octanol–water partition coefficient (Wildman–Crippen LogP) is 5.99. The van der Waals surface area contributed by atoms with Crippen molar-refractivity contribution in [3.8, 4) is 0 Å². The third-order valence-corrected chi connectivity index (χ3v) is 5.68. The molecular formula is C16H20I2. The second-order valence-electron chi connectivity index (χ2n) is 5.54. The Kier molecular flexibility index (Phi) is 4.79. The Hall–Kier alpha value is 0.420. The van der Waals surface area contributed by atoms with Crippen LogP contribution in [0.2, 0.25) is 0 Å². The molecule has 0 bridgehead atoms. The fourth-order valence-electron chi connectivity index (χ4n) is 3.31. The summed E-state index contributed by atoms with van der Waals surface area (Å²) in [5, 5.41) is 0. The largest absolute Gasteiger partial charge is 0.0988 e. The predicted molar refractivity (Wildman–Crippen MR) is 97.4 cm³/mol. The van der Waals surface area contributed by atoms with E-state index in [0.29, 0.717) is 5.92 Å². The van der Waals surface area contributed by atoms with Crippen LogP contribution in [0.4, 0.5) is 0 Å². The lowest BCUT2D eigenvalue weighted by molar-refractivity contribution is 0.527. The van der Waals surface area contributed by atoms with Crippen molar-refractivity contribution in [1.29, 1.82) is 0 Å². The van der Waals surface area contributed by atoms with Gasteiger partial charge in [0.05, 0.1) is 0 Å². The van der Waals surface area contributed by atoms with Gasteiger partial charge in [-0.1, -0.05) is 66.3 Å². The third-order valence-electron chi connectivity index (χ3n) is 4.16. The van der Waals surface area contributed by atoms with Gasteiger partial charge in [0.2, 0.25) is 0 Å². The van der Waals surface area contributed by atoms with Crippen LogP contribution in [0, 0.1) is 11.3 Å². The smallest absolute Gasteiger partial charge is 0.0114 e. The topological polar surface area (TPSA) is 0 Å². The molecule has 0 fully saturated rings. The number of hydrogen-bond acceptors (Lipinski definition) is 0. The molecule has 2 aliphatic carbocycles. The van der Waals surface area contributed by atoms with Crippen molar-refractivity contribution in [2.45, 2.75) is 33.1 Å². The number of halogens is 2. The highest BCUT2D eigenvalue weighted by Gasteiger charge is 2.42. The van der Waals surface area contributed by atoms with Crippen molar-refractivity contribution < 1.29 is 0 Å².